The van der Waals surface area contributed by atoms with Crippen molar-refractivity contribution in [2.24, 2.45) is 5.41 Å². The van der Waals surface area contributed by atoms with E-state index in [1.807, 2.05) is 0 Å². The minimum atomic E-state index is 0.250. The molecular weight excluding hydrogens is 252 g/mol. The average molecular weight is 263 g/mol. The average Bonchev–Trinajstić information content (AvgIpc) is 1.36. The van der Waals surface area contributed by atoms with Crippen molar-refractivity contribution in [3.05, 3.63) is 6.92 Å². The normalized spacial score (nSPS) is 9.57. The first-order valence-electron chi connectivity index (χ1n) is 2.12. The van der Waals surface area contributed by atoms with Gasteiger partial charge in [0.25, 0.3) is 0 Å². The summed E-state index contributed by atoms with van der Waals surface area (Å²) >= 11 is 3.62. The summed E-state index contributed by atoms with van der Waals surface area (Å²) in [7, 11) is 0. The molecule has 0 heterocycles. The molecule has 0 bridgehead atoms. The van der Waals surface area contributed by atoms with Gasteiger partial charge in [-0.25, -0.2) is 0 Å². The molecule has 2 heteroatoms. The molecule has 0 aromatic rings. The molecule has 0 saturated carbocycles. The van der Waals surface area contributed by atoms with E-state index < -0.39 is 0 Å². The van der Waals surface area contributed by atoms with Gasteiger partial charge in [-0.2, -0.15) is 5.41 Å². The summed E-state index contributed by atoms with van der Waals surface area (Å²) in [5.74, 6) is 0. The molecule has 0 aliphatic carbocycles. The van der Waals surface area contributed by atoms with Gasteiger partial charge in [-0.15, -0.1) is 0 Å². The number of rotatable bonds is 0. The molecule has 0 radical (unpaired) electrons. The van der Waals surface area contributed by atoms with E-state index in [1.165, 1.54) is 14.8 Å². The van der Waals surface area contributed by atoms with E-state index in [0.29, 0.717) is 0 Å². The number of halogens is 1. The first-order valence-corrected chi connectivity index (χ1v) is 11.2. The minimum absolute atomic E-state index is 0.250. The molecule has 0 fully saturated rings. The maximum absolute atomic E-state index is 3.77. The van der Waals surface area contributed by atoms with Crippen molar-refractivity contribution >= 4 is 19.8 Å². The van der Waals surface area contributed by atoms with Gasteiger partial charge in [0.2, 0.25) is 0 Å². The van der Waals surface area contributed by atoms with Crippen LogP contribution in [0.15, 0.2) is 0 Å². The molecule has 0 amide bonds. The van der Waals surface area contributed by atoms with Crippen LogP contribution < -0.4 is 0 Å². The summed E-state index contributed by atoms with van der Waals surface area (Å²) < 4.78 is 0. The molecule has 0 spiro atoms. The molecule has 0 saturated heterocycles. The third-order valence-corrected chi connectivity index (χ3v) is 0. The van der Waals surface area contributed by atoms with Gasteiger partial charge in [0, 0.05) is 0 Å². The van der Waals surface area contributed by atoms with Crippen LogP contribution in [-0.2, 0) is 14.8 Å². The van der Waals surface area contributed by atoms with Crippen molar-refractivity contribution < 1.29 is 14.8 Å². The Bertz CT molecular complexity index is 23.6. The van der Waals surface area contributed by atoms with Crippen LogP contribution in [-0.4, -0.2) is 0 Å². The van der Waals surface area contributed by atoms with Crippen LogP contribution in [0.1, 0.15) is 20.8 Å². The van der Waals surface area contributed by atoms with Crippen LogP contribution in [0.5, 0.6) is 0 Å². The Balaban J connectivity index is 0. The van der Waals surface area contributed by atoms with Crippen molar-refractivity contribution in [2.45, 2.75) is 20.8 Å². The Morgan fingerprint density at radius 2 is 1.29 bits per heavy atom. The van der Waals surface area contributed by atoms with Crippen LogP contribution in [0.4, 0.5) is 0 Å². The molecule has 0 aromatic heterocycles. The topological polar surface area (TPSA) is 0 Å². The van der Waals surface area contributed by atoms with E-state index in [4.69, 9.17) is 0 Å². The van der Waals surface area contributed by atoms with E-state index in [9.17, 15) is 0 Å². The second-order valence-corrected chi connectivity index (χ2v) is 2.56. The zero-order chi connectivity index (χ0) is 6.50. The first kappa shape index (κ1) is 11.2. The van der Waals surface area contributed by atoms with Crippen LogP contribution in [0.25, 0.3) is 0 Å². The zero-order valence-electron chi connectivity index (χ0n) is 5.29. The van der Waals surface area contributed by atoms with Crippen LogP contribution >= 0.6 is 19.8 Å². The summed E-state index contributed by atoms with van der Waals surface area (Å²) in [6.45, 7) is 10.0. The van der Waals surface area contributed by atoms with Crippen molar-refractivity contribution in [1.82, 2.24) is 0 Å². The monoisotopic (exact) mass is 262 g/mol. The van der Waals surface area contributed by atoms with E-state index in [2.05, 4.69) is 47.4 Å². The first-order chi connectivity index (χ1) is 3.00. The molecule has 0 aliphatic heterocycles. The summed E-state index contributed by atoms with van der Waals surface area (Å²) in [6, 6.07) is 0. The van der Waals surface area contributed by atoms with Crippen LogP contribution in [0.2, 0.25) is 0 Å². The molecule has 0 rings (SSSR count). The Kier molecular flexibility index (Phi) is 8.78. The van der Waals surface area contributed by atoms with Gasteiger partial charge >= 0.3 is 34.5 Å². The van der Waals surface area contributed by atoms with Crippen LogP contribution in [0.3, 0.4) is 0 Å². The molecule has 0 unspecified atom stereocenters. The molecule has 0 nitrogen and oxygen atoms in total. The number of hydrogen-bond acceptors (Lipinski definition) is 0. The third kappa shape index (κ3) is 115. The SMILES string of the molecule is [CH2-]C(C)(C)C.[Zn+][I]. The quantitative estimate of drug-likeness (QED) is 0.358. The molecule has 0 aromatic carbocycles. The fourth-order valence-corrected chi connectivity index (χ4v) is 0. The predicted octanol–water partition coefficient (Wildman–Crippen LogP) is 2.75. The van der Waals surface area contributed by atoms with Gasteiger partial charge in [0.1, 0.15) is 0 Å². The fraction of sp³-hybridized carbons (Fsp3) is 0.800. The van der Waals surface area contributed by atoms with Crippen molar-refractivity contribution in [3.8, 4) is 0 Å². The molecular formula is C5H11IZn. The molecule has 0 N–H and O–H groups in total. The van der Waals surface area contributed by atoms with Gasteiger partial charge < -0.3 is 6.92 Å². The molecule has 40 valence electrons. The molecule has 0 aliphatic rings. The maximum atomic E-state index is 3.77. The Labute approximate surface area is 67.3 Å². The summed E-state index contributed by atoms with van der Waals surface area (Å²) in [5.41, 5.74) is 0.250. The Hall–Kier alpha value is 1.35. The van der Waals surface area contributed by atoms with Gasteiger partial charge in [-0.1, -0.05) is 20.8 Å². The summed E-state index contributed by atoms with van der Waals surface area (Å²) in [4.78, 5) is 0. The van der Waals surface area contributed by atoms with Crippen molar-refractivity contribution in [3.63, 3.8) is 0 Å². The second kappa shape index (κ2) is 5.49. The van der Waals surface area contributed by atoms with Gasteiger partial charge in [-0.3, -0.25) is 0 Å². The van der Waals surface area contributed by atoms with Gasteiger partial charge in [0.05, 0.1) is 0 Å². The van der Waals surface area contributed by atoms with Crippen molar-refractivity contribution in [1.29, 1.82) is 0 Å². The van der Waals surface area contributed by atoms with Crippen LogP contribution in [0, 0.1) is 12.3 Å². The third-order valence-electron chi connectivity index (χ3n) is 0. The zero-order valence-corrected chi connectivity index (χ0v) is 10.4. The summed E-state index contributed by atoms with van der Waals surface area (Å²) in [6.07, 6.45) is 0. The van der Waals surface area contributed by atoms with E-state index in [-0.39, 0.29) is 5.41 Å². The van der Waals surface area contributed by atoms with Gasteiger partial charge in [-0.05, 0) is 0 Å². The number of hydrogen-bond donors (Lipinski definition) is 0. The van der Waals surface area contributed by atoms with Crippen molar-refractivity contribution in [2.75, 3.05) is 0 Å². The van der Waals surface area contributed by atoms with Gasteiger partial charge in [0.15, 0.2) is 0 Å². The Morgan fingerprint density at radius 3 is 1.29 bits per heavy atom. The molecule has 7 heavy (non-hydrogen) atoms. The second-order valence-electron chi connectivity index (χ2n) is 2.56. The molecule has 0 atom stereocenters. The van der Waals surface area contributed by atoms with E-state index >= 15 is 0 Å². The van der Waals surface area contributed by atoms with E-state index in [0.717, 1.165) is 0 Å². The standard InChI is InChI=1S/C5H11.HI.Zn/c1-5(2,3)4;;/h1H2,2-4H3;1H;/q-1;;+2/p-1. The summed E-state index contributed by atoms with van der Waals surface area (Å²) in [5, 5.41) is 0. The fourth-order valence-electron chi connectivity index (χ4n) is 0. The predicted molar refractivity (Wildman–Crippen MR) is 38.8 cm³/mol. The Morgan fingerprint density at radius 1 is 1.29 bits per heavy atom. The van der Waals surface area contributed by atoms with E-state index in [1.54, 1.807) is 0 Å².